The van der Waals surface area contributed by atoms with Crippen LogP contribution in [0.5, 0.6) is 0 Å². The summed E-state index contributed by atoms with van der Waals surface area (Å²) in [7, 11) is 0. The lowest BCUT2D eigenvalue weighted by molar-refractivity contribution is -0.137. The van der Waals surface area contributed by atoms with Crippen molar-refractivity contribution in [2.75, 3.05) is 5.32 Å². The van der Waals surface area contributed by atoms with Gasteiger partial charge in [0.25, 0.3) is 0 Å². The molecular formula is C14H13BrF3NO. The second kappa shape index (κ2) is 5.91. The SMILES string of the molecule is CCC(Nc1cc(C(F)(F)F)ccc1Br)c1ccco1. The predicted molar refractivity (Wildman–Crippen MR) is 74.5 cm³/mol. The Morgan fingerprint density at radius 3 is 2.60 bits per heavy atom. The van der Waals surface area contributed by atoms with Gasteiger partial charge in [0, 0.05) is 10.2 Å². The van der Waals surface area contributed by atoms with Gasteiger partial charge in [0.1, 0.15) is 5.76 Å². The van der Waals surface area contributed by atoms with Crippen LogP contribution in [0.25, 0.3) is 0 Å². The molecule has 108 valence electrons. The molecule has 0 amide bonds. The zero-order valence-electron chi connectivity index (χ0n) is 10.7. The molecular weight excluding hydrogens is 335 g/mol. The van der Waals surface area contributed by atoms with Crippen molar-refractivity contribution in [3.63, 3.8) is 0 Å². The van der Waals surface area contributed by atoms with Gasteiger partial charge in [-0.25, -0.2) is 0 Å². The van der Waals surface area contributed by atoms with E-state index in [9.17, 15) is 13.2 Å². The molecule has 0 fully saturated rings. The highest BCUT2D eigenvalue weighted by molar-refractivity contribution is 9.10. The van der Waals surface area contributed by atoms with Crippen LogP contribution in [0.1, 0.15) is 30.7 Å². The number of nitrogens with one attached hydrogen (secondary N) is 1. The van der Waals surface area contributed by atoms with E-state index in [1.807, 2.05) is 6.92 Å². The Bertz CT molecular complexity index is 566. The summed E-state index contributed by atoms with van der Waals surface area (Å²) < 4.78 is 44.1. The zero-order valence-corrected chi connectivity index (χ0v) is 12.3. The highest BCUT2D eigenvalue weighted by atomic mass is 79.9. The van der Waals surface area contributed by atoms with E-state index in [-0.39, 0.29) is 6.04 Å². The average Bonchev–Trinajstić information content (AvgIpc) is 2.90. The fourth-order valence-corrected chi connectivity index (χ4v) is 2.22. The topological polar surface area (TPSA) is 25.2 Å². The standard InChI is InChI=1S/C14H13BrF3NO/c1-2-11(13-4-3-7-20-13)19-12-8-9(14(16,17)18)5-6-10(12)15/h3-8,11,19H,2H2,1H3. The first-order valence-electron chi connectivity index (χ1n) is 6.08. The van der Waals surface area contributed by atoms with Crippen LogP contribution in [-0.2, 0) is 6.18 Å². The van der Waals surface area contributed by atoms with Crippen LogP contribution in [0.2, 0.25) is 0 Å². The number of rotatable bonds is 4. The summed E-state index contributed by atoms with van der Waals surface area (Å²) in [6.45, 7) is 1.93. The maximum atomic E-state index is 12.7. The van der Waals surface area contributed by atoms with Gasteiger partial charge in [0.05, 0.1) is 17.9 Å². The van der Waals surface area contributed by atoms with Crippen LogP contribution < -0.4 is 5.32 Å². The minimum absolute atomic E-state index is 0.176. The van der Waals surface area contributed by atoms with Crippen molar-refractivity contribution in [2.45, 2.75) is 25.6 Å². The Hall–Kier alpha value is -1.43. The van der Waals surface area contributed by atoms with Gasteiger partial charge < -0.3 is 9.73 Å². The largest absolute Gasteiger partial charge is 0.467 e. The van der Waals surface area contributed by atoms with Gasteiger partial charge in [-0.1, -0.05) is 6.92 Å². The molecule has 1 heterocycles. The van der Waals surface area contributed by atoms with E-state index in [1.54, 1.807) is 18.4 Å². The van der Waals surface area contributed by atoms with E-state index in [4.69, 9.17) is 4.42 Å². The van der Waals surface area contributed by atoms with Crippen LogP contribution in [0.4, 0.5) is 18.9 Å². The molecule has 0 spiro atoms. The minimum Gasteiger partial charge on any atom is -0.467 e. The first kappa shape index (κ1) is 15.0. The average molecular weight is 348 g/mol. The fraction of sp³-hybridized carbons (Fsp3) is 0.286. The number of hydrogen-bond acceptors (Lipinski definition) is 2. The first-order valence-corrected chi connectivity index (χ1v) is 6.87. The molecule has 0 aliphatic rings. The van der Waals surface area contributed by atoms with E-state index >= 15 is 0 Å². The Balaban J connectivity index is 2.28. The van der Waals surface area contributed by atoms with E-state index in [0.717, 1.165) is 12.1 Å². The number of furan rings is 1. The van der Waals surface area contributed by atoms with Crippen LogP contribution in [-0.4, -0.2) is 0 Å². The zero-order chi connectivity index (χ0) is 14.8. The molecule has 1 aromatic heterocycles. The fourth-order valence-electron chi connectivity index (χ4n) is 1.86. The summed E-state index contributed by atoms with van der Waals surface area (Å²) in [5, 5.41) is 3.07. The van der Waals surface area contributed by atoms with E-state index < -0.39 is 11.7 Å². The number of anilines is 1. The molecule has 2 aromatic rings. The lowest BCUT2D eigenvalue weighted by Gasteiger charge is -2.18. The van der Waals surface area contributed by atoms with Crippen molar-refractivity contribution in [2.24, 2.45) is 0 Å². The van der Waals surface area contributed by atoms with Gasteiger partial charge in [0.15, 0.2) is 0 Å². The highest BCUT2D eigenvalue weighted by Gasteiger charge is 2.31. The molecule has 1 N–H and O–H groups in total. The number of hydrogen-bond donors (Lipinski definition) is 1. The monoisotopic (exact) mass is 347 g/mol. The van der Waals surface area contributed by atoms with E-state index in [2.05, 4.69) is 21.2 Å². The molecule has 0 saturated heterocycles. The van der Waals surface area contributed by atoms with Crippen LogP contribution in [0.15, 0.2) is 45.5 Å². The van der Waals surface area contributed by atoms with Crippen LogP contribution in [0.3, 0.4) is 0 Å². The Morgan fingerprint density at radius 1 is 1.30 bits per heavy atom. The maximum Gasteiger partial charge on any atom is 0.416 e. The van der Waals surface area contributed by atoms with Crippen molar-refractivity contribution in [3.8, 4) is 0 Å². The minimum atomic E-state index is -4.36. The van der Waals surface area contributed by atoms with Crippen molar-refractivity contribution in [1.82, 2.24) is 0 Å². The van der Waals surface area contributed by atoms with Crippen molar-refractivity contribution < 1.29 is 17.6 Å². The molecule has 0 saturated carbocycles. The first-order chi connectivity index (χ1) is 9.41. The van der Waals surface area contributed by atoms with Crippen molar-refractivity contribution >= 4 is 21.6 Å². The second-order valence-corrected chi connectivity index (χ2v) is 5.17. The third-order valence-corrected chi connectivity index (χ3v) is 3.61. The summed E-state index contributed by atoms with van der Waals surface area (Å²) in [5.74, 6) is 0.691. The Labute approximate surface area is 123 Å². The summed E-state index contributed by atoms with van der Waals surface area (Å²) in [5.41, 5.74) is -0.291. The quantitative estimate of drug-likeness (QED) is 0.775. The molecule has 1 atom stereocenters. The molecule has 2 nitrogen and oxygen atoms in total. The predicted octanol–water partition coefficient (Wildman–Crippen LogP) is 5.62. The Kier molecular flexibility index (Phi) is 4.42. The summed E-state index contributed by atoms with van der Waals surface area (Å²) >= 11 is 3.26. The number of halogens is 4. The Morgan fingerprint density at radius 2 is 2.05 bits per heavy atom. The second-order valence-electron chi connectivity index (χ2n) is 4.31. The van der Waals surface area contributed by atoms with Gasteiger partial charge >= 0.3 is 6.18 Å². The molecule has 0 radical (unpaired) electrons. The maximum absolute atomic E-state index is 12.7. The molecule has 1 aromatic carbocycles. The number of alkyl halides is 3. The summed E-state index contributed by atoms with van der Waals surface area (Å²) in [6.07, 6.45) is -2.12. The van der Waals surface area contributed by atoms with Gasteiger partial charge in [-0.3, -0.25) is 0 Å². The van der Waals surface area contributed by atoms with Crippen LogP contribution >= 0.6 is 15.9 Å². The molecule has 0 bridgehead atoms. The van der Waals surface area contributed by atoms with E-state index in [1.165, 1.54) is 6.07 Å². The van der Waals surface area contributed by atoms with Crippen LogP contribution in [0, 0.1) is 0 Å². The molecule has 2 rings (SSSR count). The third kappa shape index (κ3) is 3.36. The third-order valence-electron chi connectivity index (χ3n) is 2.92. The summed E-state index contributed by atoms with van der Waals surface area (Å²) in [4.78, 5) is 0. The van der Waals surface area contributed by atoms with Gasteiger partial charge in [-0.2, -0.15) is 13.2 Å². The lowest BCUT2D eigenvalue weighted by atomic mass is 10.1. The van der Waals surface area contributed by atoms with Crippen molar-refractivity contribution in [1.29, 1.82) is 0 Å². The van der Waals surface area contributed by atoms with Gasteiger partial charge in [-0.15, -0.1) is 0 Å². The molecule has 6 heteroatoms. The molecule has 20 heavy (non-hydrogen) atoms. The van der Waals surface area contributed by atoms with Crippen molar-refractivity contribution in [3.05, 3.63) is 52.4 Å². The normalized spacial score (nSPS) is 13.2. The molecule has 0 aliphatic heterocycles. The lowest BCUT2D eigenvalue weighted by Crippen LogP contribution is -2.11. The smallest absolute Gasteiger partial charge is 0.416 e. The van der Waals surface area contributed by atoms with E-state index in [0.29, 0.717) is 22.3 Å². The van der Waals surface area contributed by atoms with Gasteiger partial charge in [0.2, 0.25) is 0 Å². The highest BCUT2D eigenvalue weighted by Crippen LogP contribution is 2.35. The van der Waals surface area contributed by atoms with Gasteiger partial charge in [-0.05, 0) is 52.7 Å². The summed E-state index contributed by atoms with van der Waals surface area (Å²) in [6, 6.07) is 6.90. The molecule has 1 unspecified atom stereocenters. The number of benzene rings is 1. The molecule has 0 aliphatic carbocycles.